The van der Waals surface area contributed by atoms with Crippen molar-refractivity contribution in [3.63, 3.8) is 0 Å². The lowest BCUT2D eigenvalue weighted by Gasteiger charge is -2.36. The summed E-state index contributed by atoms with van der Waals surface area (Å²) in [5, 5.41) is 11.3. The zero-order valence-corrected chi connectivity index (χ0v) is 15.7. The van der Waals surface area contributed by atoms with Gasteiger partial charge in [-0.1, -0.05) is 17.3 Å². The Bertz CT molecular complexity index is 928. The highest BCUT2D eigenvalue weighted by Crippen LogP contribution is 2.25. The number of nitrogens with one attached hydrogen (secondary N) is 1. The largest absolute Gasteiger partial charge is 0.353 e. The van der Waals surface area contributed by atoms with Crippen LogP contribution in [-0.4, -0.2) is 51.4 Å². The van der Waals surface area contributed by atoms with Crippen molar-refractivity contribution in [2.75, 3.05) is 31.1 Å². The van der Waals surface area contributed by atoms with Crippen molar-refractivity contribution < 1.29 is 8.91 Å². The zero-order chi connectivity index (χ0) is 19.0. The third-order valence-electron chi connectivity index (χ3n) is 5.11. The van der Waals surface area contributed by atoms with Crippen LogP contribution >= 0.6 is 0 Å². The number of benzene rings is 1. The van der Waals surface area contributed by atoms with E-state index < -0.39 is 0 Å². The van der Waals surface area contributed by atoms with Crippen LogP contribution < -0.4 is 4.90 Å². The summed E-state index contributed by atoms with van der Waals surface area (Å²) in [6.45, 7) is 9.32. The van der Waals surface area contributed by atoms with E-state index >= 15 is 0 Å². The molecule has 1 saturated heterocycles. The lowest BCUT2D eigenvalue weighted by molar-refractivity contribution is 0.164. The number of piperazine rings is 1. The number of rotatable bonds is 4. The number of halogens is 1. The fourth-order valence-electron chi connectivity index (χ4n) is 3.31. The highest BCUT2D eigenvalue weighted by atomic mass is 19.1. The molecule has 0 aliphatic carbocycles. The Kier molecular flexibility index (Phi) is 4.65. The van der Waals surface area contributed by atoms with Gasteiger partial charge >= 0.3 is 0 Å². The molecule has 142 valence electrons. The molecule has 1 aliphatic rings. The van der Waals surface area contributed by atoms with Gasteiger partial charge in [0.05, 0.1) is 6.04 Å². The molecule has 0 unspecified atom stereocenters. The minimum absolute atomic E-state index is 0.00427. The van der Waals surface area contributed by atoms with E-state index in [0.29, 0.717) is 22.8 Å². The van der Waals surface area contributed by atoms with Gasteiger partial charge in [-0.2, -0.15) is 10.1 Å². The minimum atomic E-state index is -0.267. The van der Waals surface area contributed by atoms with E-state index in [2.05, 4.69) is 43.1 Å². The van der Waals surface area contributed by atoms with Crippen LogP contribution in [-0.2, 0) is 0 Å². The molecule has 7 nitrogen and oxygen atoms in total. The van der Waals surface area contributed by atoms with Crippen LogP contribution in [0.1, 0.15) is 30.1 Å². The summed E-state index contributed by atoms with van der Waals surface area (Å²) in [6.07, 6.45) is 0. The fourth-order valence-corrected chi connectivity index (χ4v) is 3.31. The van der Waals surface area contributed by atoms with E-state index in [-0.39, 0.29) is 11.9 Å². The molecule has 1 atom stereocenters. The Morgan fingerprint density at radius 1 is 1.15 bits per heavy atom. The second-order valence-electron chi connectivity index (χ2n) is 7.03. The predicted octanol–water partition coefficient (Wildman–Crippen LogP) is 3.10. The molecular formula is C19H23FN6O. The first-order valence-electron chi connectivity index (χ1n) is 9.12. The van der Waals surface area contributed by atoms with Gasteiger partial charge in [0.1, 0.15) is 5.82 Å². The van der Waals surface area contributed by atoms with Gasteiger partial charge in [-0.3, -0.25) is 10.00 Å². The van der Waals surface area contributed by atoms with Crippen LogP contribution in [0.2, 0.25) is 0 Å². The standard InChI is InChI=1S/C19H23FN6O/c1-12-4-5-15(11-16(12)20)18-21-19(27-24-18)14(3)25-6-8-26(9-7-25)17-10-13(2)22-23-17/h4-5,10-11,14H,6-9H2,1-3H3,(H,22,23)/t14-/m0/s1. The van der Waals surface area contributed by atoms with Crippen molar-refractivity contribution in [2.24, 2.45) is 0 Å². The molecule has 0 spiro atoms. The third-order valence-corrected chi connectivity index (χ3v) is 5.11. The monoisotopic (exact) mass is 370 g/mol. The molecule has 0 saturated carbocycles. The minimum Gasteiger partial charge on any atom is -0.353 e. The third kappa shape index (κ3) is 3.57. The van der Waals surface area contributed by atoms with E-state index in [1.165, 1.54) is 6.07 Å². The Balaban J connectivity index is 1.42. The van der Waals surface area contributed by atoms with Crippen LogP contribution in [0.25, 0.3) is 11.4 Å². The SMILES string of the molecule is Cc1cc(N2CCN([C@@H](C)c3nc(-c4ccc(C)c(F)c4)no3)CC2)n[nH]1. The molecule has 0 bridgehead atoms. The number of aromatic amines is 1. The molecule has 0 amide bonds. The Morgan fingerprint density at radius 2 is 1.93 bits per heavy atom. The van der Waals surface area contributed by atoms with E-state index in [0.717, 1.165) is 37.7 Å². The van der Waals surface area contributed by atoms with Gasteiger partial charge in [0.25, 0.3) is 0 Å². The maximum absolute atomic E-state index is 13.8. The first kappa shape index (κ1) is 17.7. The summed E-state index contributed by atoms with van der Waals surface area (Å²) < 4.78 is 19.3. The Morgan fingerprint density at radius 3 is 2.59 bits per heavy atom. The quantitative estimate of drug-likeness (QED) is 0.761. The average Bonchev–Trinajstić information content (AvgIpc) is 3.33. The normalized spacial score (nSPS) is 16.7. The number of H-pyrrole nitrogens is 1. The molecule has 1 aromatic carbocycles. The van der Waals surface area contributed by atoms with Crippen LogP contribution in [0.4, 0.5) is 10.2 Å². The second kappa shape index (κ2) is 7.11. The van der Waals surface area contributed by atoms with Crippen molar-refractivity contribution in [1.29, 1.82) is 0 Å². The highest BCUT2D eigenvalue weighted by molar-refractivity contribution is 5.55. The summed E-state index contributed by atoms with van der Waals surface area (Å²) in [5.41, 5.74) is 2.28. The van der Waals surface area contributed by atoms with Crippen LogP contribution in [0, 0.1) is 19.7 Å². The maximum Gasteiger partial charge on any atom is 0.244 e. The molecule has 1 fully saturated rings. The fraction of sp³-hybridized carbons (Fsp3) is 0.421. The molecule has 8 heteroatoms. The molecule has 3 aromatic rings. The van der Waals surface area contributed by atoms with Gasteiger partial charge in [0.15, 0.2) is 5.82 Å². The topological polar surface area (TPSA) is 74.1 Å². The number of hydrogen-bond donors (Lipinski definition) is 1. The smallest absolute Gasteiger partial charge is 0.244 e. The van der Waals surface area contributed by atoms with Crippen molar-refractivity contribution in [3.05, 3.63) is 47.2 Å². The van der Waals surface area contributed by atoms with Gasteiger partial charge in [0.2, 0.25) is 11.7 Å². The first-order chi connectivity index (χ1) is 13.0. The van der Waals surface area contributed by atoms with Crippen molar-refractivity contribution >= 4 is 5.82 Å². The molecule has 1 aliphatic heterocycles. The van der Waals surface area contributed by atoms with Crippen molar-refractivity contribution in [2.45, 2.75) is 26.8 Å². The molecule has 1 N–H and O–H groups in total. The Hall–Kier alpha value is -2.74. The van der Waals surface area contributed by atoms with Gasteiger partial charge < -0.3 is 9.42 Å². The van der Waals surface area contributed by atoms with Crippen molar-refractivity contribution in [1.82, 2.24) is 25.2 Å². The number of anilines is 1. The predicted molar refractivity (Wildman–Crippen MR) is 100.0 cm³/mol. The molecule has 0 radical (unpaired) electrons. The second-order valence-corrected chi connectivity index (χ2v) is 7.03. The molecule has 2 aromatic heterocycles. The first-order valence-corrected chi connectivity index (χ1v) is 9.12. The lowest BCUT2D eigenvalue weighted by atomic mass is 10.1. The number of aromatic nitrogens is 4. The lowest BCUT2D eigenvalue weighted by Crippen LogP contribution is -2.47. The number of nitrogens with zero attached hydrogens (tertiary/aromatic N) is 5. The highest BCUT2D eigenvalue weighted by Gasteiger charge is 2.26. The van der Waals surface area contributed by atoms with E-state index in [9.17, 15) is 4.39 Å². The van der Waals surface area contributed by atoms with Gasteiger partial charge in [-0.25, -0.2) is 4.39 Å². The van der Waals surface area contributed by atoms with Crippen LogP contribution in [0.15, 0.2) is 28.8 Å². The molecular weight excluding hydrogens is 347 g/mol. The molecule has 4 rings (SSSR count). The summed E-state index contributed by atoms with van der Waals surface area (Å²) in [6, 6.07) is 7.04. The number of aryl methyl sites for hydroxylation is 2. The van der Waals surface area contributed by atoms with Crippen LogP contribution in [0.3, 0.4) is 0 Å². The van der Waals surface area contributed by atoms with Crippen LogP contribution in [0.5, 0.6) is 0 Å². The summed E-state index contributed by atoms with van der Waals surface area (Å²) in [7, 11) is 0. The maximum atomic E-state index is 13.8. The van der Waals surface area contributed by atoms with E-state index in [1.54, 1.807) is 13.0 Å². The van der Waals surface area contributed by atoms with Crippen molar-refractivity contribution in [3.8, 4) is 11.4 Å². The summed E-state index contributed by atoms with van der Waals surface area (Å²) in [5.74, 6) is 1.69. The number of hydrogen-bond acceptors (Lipinski definition) is 6. The summed E-state index contributed by atoms with van der Waals surface area (Å²) >= 11 is 0. The van der Waals surface area contributed by atoms with Gasteiger partial charge in [0, 0.05) is 43.5 Å². The zero-order valence-electron chi connectivity index (χ0n) is 15.7. The van der Waals surface area contributed by atoms with E-state index in [1.807, 2.05) is 13.0 Å². The molecule has 27 heavy (non-hydrogen) atoms. The summed E-state index contributed by atoms with van der Waals surface area (Å²) in [4.78, 5) is 9.06. The molecule has 3 heterocycles. The van der Waals surface area contributed by atoms with E-state index in [4.69, 9.17) is 4.52 Å². The Labute approximate surface area is 157 Å². The van der Waals surface area contributed by atoms with Gasteiger partial charge in [-0.15, -0.1) is 0 Å². The average molecular weight is 370 g/mol. The van der Waals surface area contributed by atoms with Gasteiger partial charge in [-0.05, 0) is 32.4 Å².